The van der Waals surface area contributed by atoms with Crippen LogP contribution in [-0.4, -0.2) is 12.1 Å². The number of rotatable bonds is 8. The van der Waals surface area contributed by atoms with Crippen LogP contribution in [0.4, 0.5) is 0 Å². The molecule has 0 spiro atoms. The zero-order chi connectivity index (χ0) is 20.6. The van der Waals surface area contributed by atoms with Crippen molar-refractivity contribution in [2.75, 3.05) is 0 Å². The summed E-state index contributed by atoms with van der Waals surface area (Å²) in [6.45, 7) is 11.0. The highest BCUT2D eigenvalue weighted by Gasteiger charge is 2.17. The number of aryl methyl sites for hydroxylation is 1. The first-order chi connectivity index (χ1) is 13.3. The molecule has 0 fully saturated rings. The molecule has 2 nitrogen and oxygen atoms in total. The number of carbonyl (C=O) groups is 1. The maximum Gasteiger partial charge on any atom is 0.338 e. The molecule has 0 aliphatic carbocycles. The number of hydrogen-bond acceptors (Lipinski definition) is 2. The van der Waals surface area contributed by atoms with Crippen LogP contribution in [0.3, 0.4) is 0 Å². The minimum absolute atomic E-state index is 0.101. The zero-order valence-corrected chi connectivity index (χ0v) is 18.0. The van der Waals surface area contributed by atoms with E-state index in [1.165, 1.54) is 16.7 Å². The van der Waals surface area contributed by atoms with Crippen LogP contribution in [0.25, 0.3) is 6.08 Å². The minimum atomic E-state index is -0.251. The molecule has 150 valence electrons. The van der Waals surface area contributed by atoms with Crippen LogP contribution in [0.5, 0.6) is 0 Å². The standard InChI is InChI=1S/C26H34O2/c1-6-12-23-19-21(17-18-24(23)26(3,4)5)14-11-10-13-20(2)28-25(27)22-15-8-7-9-16-22/h7-9,11,14-20H,6,10,12-13H2,1-5H3. The van der Waals surface area contributed by atoms with Crippen LogP contribution >= 0.6 is 0 Å². The molecular weight excluding hydrogens is 344 g/mol. The van der Waals surface area contributed by atoms with E-state index in [1.54, 1.807) is 12.1 Å². The Hall–Kier alpha value is -2.35. The van der Waals surface area contributed by atoms with Crippen LogP contribution in [0.15, 0.2) is 54.6 Å². The van der Waals surface area contributed by atoms with E-state index in [2.05, 4.69) is 58.0 Å². The quantitative estimate of drug-likeness (QED) is 0.463. The smallest absolute Gasteiger partial charge is 0.338 e. The lowest BCUT2D eigenvalue weighted by molar-refractivity contribution is 0.0327. The molecule has 0 saturated heterocycles. The van der Waals surface area contributed by atoms with Crippen molar-refractivity contribution >= 4 is 12.0 Å². The molecule has 2 heteroatoms. The Balaban J connectivity index is 1.90. The molecular formula is C26H34O2. The molecule has 0 aliphatic heterocycles. The Morgan fingerprint density at radius 2 is 1.82 bits per heavy atom. The number of esters is 1. The van der Waals surface area contributed by atoms with Crippen molar-refractivity contribution in [3.8, 4) is 0 Å². The number of hydrogen-bond donors (Lipinski definition) is 0. The van der Waals surface area contributed by atoms with Gasteiger partial charge in [0, 0.05) is 0 Å². The van der Waals surface area contributed by atoms with E-state index < -0.39 is 0 Å². The van der Waals surface area contributed by atoms with Crippen LogP contribution in [0.2, 0.25) is 0 Å². The molecule has 0 radical (unpaired) electrons. The Morgan fingerprint density at radius 3 is 2.46 bits per heavy atom. The number of allylic oxidation sites excluding steroid dienone is 1. The molecule has 2 aromatic rings. The van der Waals surface area contributed by atoms with Crippen molar-refractivity contribution < 1.29 is 9.53 Å². The molecule has 1 atom stereocenters. The molecule has 2 rings (SSSR count). The highest BCUT2D eigenvalue weighted by Crippen LogP contribution is 2.28. The van der Waals surface area contributed by atoms with Gasteiger partial charge in [-0.3, -0.25) is 0 Å². The van der Waals surface area contributed by atoms with Gasteiger partial charge in [0.25, 0.3) is 0 Å². The van der Waals surface area contributed by atoms with Crippen molar-refractivity contribution in [3.05, 3.63) is 76.9 Å². The Kier molecular flexibility index (Phi) is 8.04. The maximum atomic E-state index is 12.1. The Morgan fingerprint density at radius 1 is 1.11 bits per heavy atom. The Labute approximate surface area is 170 Å². The summed E-state index contributed by atoms with van der Waals surface area (Å²) < 4.78 is 5.52. The first-order valence-electron chi connectivity index (χ1n) is 10.4. The van der Waals surface area contributed by atoms with Gasteiger partial charge in [0.1, 0.15) is 0 Å². The molecule has 2 aromatic carbocycles. The van der Waals surface area contributed by atoms with E-state index in [1.807, 2.05) is 25.1 Å². The SMILES string of the molecule is CCCc1cc(C=CCCC(C)OC(=O)c2ccccc2)ccc1C(C)(C)C. The molecule has 0 amide bonds. The Bertz CT molecular complexity index is 782. The van der Waals surface area contributed by atoms with Crippen molar-refractivity contribution in [2.24, 2.45) is 0 Å². The van der Waals surface area contributed by atoms with Gasteiger partial charge in [-0.2, -0.15) is 0 Å². The molecule has 0 heterocycles. The normalized spacial score (nSPS) is 12.9. The average molecular weight is 379 g/mol. The van der Waals surface area contributed by atoms with Crippen molar-refractivity contribution in [3.63, 3.8) is 0 Å². The first-order valence-corrected chi connectivity index (χ1v) is 10.4. The second-order valence-corrected chi connectivity index (χ2v) is 8.48. The van der Waals surface area contributed by atoms with Gasteiger partial charge >= 0.3 is 5.97 Å². The molecule has 28 heavy (non-hydrogen) atoms. The molecule has 0 bridgehead atoms. The predicted octanol–water partition coefficient (Wildman–Crippen LogP) is 6.98. The van der Waals surface area contributed by atoms with E-state index in [4.69, 9.17) is 4.74 Å². The summed E-state index contributed by atoms with van der Waals surface area (Å²) in [6, 6.07) is 16.0. The van der Waals surface area contributed by atoms with E-state index in [9.17, 15) is 4.79 Å². The van der Waals surface area contributed by atoms with Crippen LogP contribution in [-0.2, 0) is 16.6 Å². The highest BCUT2D eigenvalue weighted by atomic mass is 16.5. The van der Waals surface area contributed by atoms with E-state index in [-0.39, 0.29) is 17.5 Å². The minimum Gasteiger partial charge on any atom is -0.459 e. The fraction of sp³-hybridized carbons (Fsp3) is 0.423. The van der Waals surface area contributed by atoms with E-state index in [0.29, 0.717) is 5.56 Å². The van der Waals surface area contributed by atoms with Gasteiger partial charge < -0.3 is 4.74 Å². The first kappa shape index (κ1) is 21.9. The van der Waals surface area contributed by atoms with E-state index >= 15 is 0 Å². The summed E-state index contributed by atoms with van der Waals surface area (Å²) in [7, 11) is 0. The summed E-state index contributed by atoms with van der Waals surface area (Å²) in [4.78, 5) is 12.1. The summed E-state index contributed by atoms with van der Waals surface area (Å²) in [5, 5.41) is 0. The molecule has 0 N–H and O–H groups in total. The average Bonchev–Trinajstić information content (AvgIpc) is 2.65. The zero-order valence-electron chi connectivity index (χ0n) is 18.0. The van der Waals surface area contributed by atoms with E-state index in [0.717, 1.165) is 25.7 Å². The fourth-order valence-corrected chi connectivity index (χ4v) is 3.36. The highest BCUT2D eigenvalue weighted by molar-refractivity contribution is 5.89. The monoisotopic (exact) mass is 378 g/mol. The van der Waals surface area contributed by atoms with Gasteiger partial charge in [-0.1, -0.05) is 82.7 Å². The van der Waals surface area contributed by atoms with Gasteiger partial charge in [0.05, 0.1) is 11.7 Å². The molecule has 1 unspecified atom stereocenters. The van der Waals surface area contributed by atoms with Gasteiger partial charge in [-0.25, -0.2) is 4.79 Å². The van der Waals surface area contributed by atoms with Crippen LogP contribution in [0.1, 0.15) is 80.9 Å². The summed E-state index contributed by atoms with van der Waals surface area (Å²) >= 11 is 0. The third-order valence-corrected chi connectivity index (χ3v) is 4.82. The fourth-order valence-electron chi connectivity index (χ4n) is 3.36. The predicted molar refractivity (Wildman–Crippen MR) is 119 cm³/mol. The second kappa shape index (κ2) is 10.3. The lowest BCUT2D eigenvalue weighted by atomic mass is 9.82. The lowest BCUT2D eigenvalue weighted by Crippen LogP contribution is -2.14. The topological polar surface area (TPSA) is 26.3 Å². The summed E-state index contributed by atoms with van der Waals surface area (Å²) in [6.07, 6.45) is 8.22. The number of carbonyl (C=O) groups excluding carboxylic acids is 1. The third-order valence-electron chi connectivity index (χ3n) is 4.82. The number of benzene rings is 2. The van der Waals surface area contributed by atoms with Crippen LogP contribution in [0, 0.1) is 0 Å². The van der Waals surface area contributed by atoms with Gasteiger partial charge in [0.15, 0.2) is 0 Å². The second-order valence-electron chi connectivity index (χ2n) is 8.48. The largest absolute Gasteiger partial charge is 0.459 e. The summed E-state index contributed by atoms with van der Waals surface area (Å²) in [5.41, 5.74) is 4.90. The van der Waals surface area contributed by atoms with Gasteiger partial charge in [-0.15, -0.1) is 0 Å². The molecule has 0 aromatic heterocycles. The lowest BCUT2D eigenvalue weighted by Gasteiger charge is -2.23. The van der Waals surface area contributed by atoms with Crippen molar-refractivity contribution in [1.82, 2.24) is 0 Å². The third kappa shape index (κ3) is 6.67. The van der Waals surface area contributed by atoms with Crippen molar-refractivity contribution in [2.45, 2.75) is 71.8 Å². The van der Waals surface area contributed by atoms with Gasteiger partial charge in [0.2, 0.25) is 0 Å². The van der Waals surface area contributed by atoms with Crippen molar-refractivity contribution in [1.29, 1.82) is 0 Å². The number of ether oxygens (including phenoxy) is 1. The van der Waals surface area contributed by atoms with Gasteiger partial charge in [-0.05, 0) is 60.4 Å². The summed E-state index contributed by atoms with van der Waals surface area (Å²) in [5.74, 6) is -0.251. The van der Waals surface area contributed by atoms with Crippen LogP contribution < -0.4 is 0 Å². The molecule has 0 saturated carbocycles. The maximum absolute atomic E-state index is 12.1. The molecule has 0 aliphatic rings.